The Hall–Kier alpha value is -1.68. The first kappa shape index (κ1) is 25.0. The molecule has 0 spiro atoms. The number of aromatic nitrogens is 3. The lowest BCUT2D eigenvalue weighted by atomic mass is 10.1. The van der Waals surface area contributed by atoms with Crippen molar-refractivity contribution in [1.29, 1.82) is 0 Å². The molecule has 1 saturated heterocycles. The maximum Gasteiger partial charge on any atom is 0.191 e. The Morgan fingerprint density at radius 1 is 0.938 bits per heavy atom. The molecule has 0 unspecified atom stereocenters. The van der Waals surface area contributed by atoms with Crippen molar-refractivity contribution in [2.24, 2.45) is 4.99 Å². The van der Waals surface area contributed by atoms with E-state index in [1.807, 2.05) is 0 Å². The smallest absolute Gasteiger partial charge is 0.191 e. The Bertz CT molecular complexity index is 841. The van der Waals surface area contributed by atoms with Crippen LogP contribution < -0.4 is 10.6 Å². The quantitative estimate of drug-likeness (QED) is 0.299. The number of guanidine groups is 1. The minimum atomic E-state index is 0. The first-order chi connectivity index (χ1) is 15.3. The molecule has 0 aliphatic carbocycles. The Kier molecular flexibility index (Phi) is 10.2. The van der Waals surface area contributed by atoms with E-state index < -0.39 is 0 Å². The molecule has 0 atom stereocenters. The number of nitrogens with zero attached hydrogens (tertiary/aromatic N) is 5. The fourth-order valence-corrected chi connectivity index (χ4v) is 4.48. The summed E-state index contributed by atoms with van der Waals surface area (Å²) in [6.07, 6.45) is 8.35. The SMILES string of the molecule is CCNC(=NCc1ccc(CN2CCCC2)cc1)NCCc1nnc2n1CCCCC2.I. The number of hydrogen-bond acceptors (Lipinski definition) is 4. The zero-order valence-corrected chi connectivity index (χ0v) is 21.7. The third kappa shape index (κ3) is 7.16. The number of rotatable bonds is 8. The Morgan fingerprint density at radius 2 is 1.69 bits per heavy atom. The van der Waals surface area contributed by atoms with E-state index in [1.165, 1.54) is 56.3 Å². The van der Waals surface area contributed by atoms with E-state index in [0.717, 1.165) is 56.6 Å². The molecule has 0 radical (unpaired) electrons. The second-order valence-corrected chi connectivity index (χ2v) is 8.67. The summed E-state index contributed by atoms with van der Waals surface area (Å²) in [7, 11) is 0. The summed E-state index contributed by atoms with van der Waals surface area (Å²) in [5.41, 5.74) is 2.64. The number of hydrogen-bond donors (Lipinski definition) is 2. The van der Waals surface area contributed by atoms with Gasteiger partial charge in [0.25, 0.3) is 0 Å². The monoisotopic (exact) mass is 551 g/mol. The number of fused-ring (bicyclic) bond motifs is 1. The minimum absolute atomic E-state index is 0. The van der Waals surface area contributed by atoms with Crippen LogP contribution in [-0.2, 0) is 32.5 Å². The molecule has 32 heavy (non-hydrogen) atoms. The van der Waals surface area contributed by atoms with Crippen molar-refractivity contribution in [3.8, 4) is 0 Å². The molecule has 2 N–H and O–H groups in total. The van der Waals surface area contributed by atoms with Crippen molar-refractivity contribution in [1.82, 2.24) is 30.3 Å². The van der Waals surface area contributed by atoms with Crippen molar-refractivity contribution in [3.05, 3.63) is 47.0 Å². The van der Waals surface area contributed by atoms with Crippen molar-refractivity contribution in [2.75, 3.05) is 26.2 Å². The second kappa shape index (κ2) is 13.1. The summed E-state index contributed by atoms with van der Waals surface area (Å²) < 4.78 is 2.32. The highest BCUT2D eigenvalue weighted by atomic mass is 127. The first-order valence-corrected chi connectivity index (χ1v) is 12.0. The van der Waals surface area contributed by atoms with Crippen molar-refractivity contribution in [3.63, 3.8) is 0 Å². The van der Waals surface area contributed by atoms with Gasteiger partial charge in [0.05, 0.1) is 6.54 Å². The summed E-state index contributed by atoms with van der Waals surface area (Å²) in [5.74, 6) is 3.11. The Labute approximate surface area is 209 Å². The van der Waals surface area contributed by atoms with Gasteiger partial charge in [0.1, 0.15) is 11.6 Å². The third-order valence-electron chi connectivity index (χ3n) is 6.22. The molecule has 0 saturated carbocycles. The highest BCUT2D eigenvalue weighted by Gasteiger charge is 2.14. The van der Waals surface area contributed by atoms with Crippen LogP contribution in [0.3, 0.4) is 0 Å². The van der Waals surface area contributed by atoms with Crippen LogP contribution >= 0.6 is 24.0 Å². The third-order valence-corrected chi connectivity index (χ3v) is 6.22. The van der Waals surface area contributed by atoms with Crippen molar-refractivity contribution in [2.45, 2.75) is 71.5 Å². The van der Waals surface area contributed by atoms with Crippen LogP contribution in [0, 0.1) is 0 Å². The van der Waals surface area contributed by atoms with Crippen LogP contribution in [0.4, 0.5) is 0 Å². The largest absolute Gasteiger partial charge is 0.357 e. The zero-order valence-electron chi connectivity index (χ0n) is 19.4. The topological polar surface area (TPSA) is 70.4 Å². The summed E-state index contributed by atoms with van der Waals surface area (Å²) >= 11 is 0. The van der Waals surface area contributed by atoms with Gasteiger partial charge in [-0.15, -0.1) is 34.2 Å². The number of halogens is 1. The van der Waals surface area contributed by atoms with Gasteiger partial charge in [0, 0.05) is 39.0 Å². The zero-order chi connectivity index (χ0) is 21.3. The average Bonchev–Trinajstić information content (AvgIpc) is 3.37. The lowest BCUT2D eigenvalue weighted by Gasteiger charge is -2.14. The van der Waals surface area contributed by atoms with E-state index in [4.69, 9.17) is 4.99 Å². The molecule has 0 amide bonds. The van der Waals surface area contributed by atoms with Crippen molar-refractivity contribution < 1.29 is 0 Å². The van der Waals surface area contributed by atoms with E-state index >= 15 is 0 Å². The lowest BCUT2D eigenvalue weighted by molar-refractivity contribution is 0.331. The first-order valence-electron chi connectivity index (χ1n) is 12.0. The lowest BCUT2D eigenvalue weighted by Crippen LogP contribution is -2.38. The molecule has 176 valence electrons. The van der Waals surface area contributed by atoms with Gasteiger partial charge in [-0.3, -0.25) is 4.90 Å². The Morgan fingerprint density at radius 3 is 2.47 bits per heavy atom. The average molecular weight is 552 g/mol. The van der Waals surface area contributed by atoms with E-state index in [0.29, 0.717) is 6.54 Å². The Balaban J connectivity index is 0.00000289. The predicted octanol–water partition coefficient (Wildman–Crippen LogP) is 3.52. The van der Waals surface area contributed by atoms with Gasteiger partial charge >= 0.3 is 0 Å². The maximum absolute atomic E-state index is 4.78. The van der Waals surface area contributed by atoms with Gasteiger partial charge in [-0.2, -0.15) is 0 Å². The van der Waals surface area contributed by atoms with Gasteiger partial charge in [-0.1, -0.05) is 30.7 Å². The molecule has 1 fully saturated rings. The molecule has 1 aromatic carbocycles. The van der Waals surface area contributed by atoms with Gasteiger partial charge in [-0.25, -0.2) is 4.99 Å². The van der Waals surface area contributed by atoms with Crippen LogP contribution in [-0.4, -0.2) is 51.8 Å². The summed E-state index contributed by atoms with van der Waals surface area (Å²) in [4.78, 5) is 7.32. The molecule has 0 bridgehead atoms. The van der Waals surface area contributed by atoms with Gasteiger partial charge in [0.15, 0.2) is 5.96 Å². The normalized spacial score (nSPS) is 16.8. The number of aryl methyl sites for hydroxylation is 1. The van der Waals surface area contributed by atoms with Crippen LogP contribution in [0.2, 0.25) is 0 Å². The number of likely N-dealkylation sites (tertiary alicyclic amines) is 1. The summed E-state index contributed by atoms with van der Waals surface area (Å²) in [6, 6.07) is 8.93. The van der Waals surface area contributed by atoms with Crippen LogP contribution in [0.1, 0.15) is 61.8 Å². The fourth-order valence-electron chi connectivity index (χ4n) is 4.48. The fraction of sp³-hybridized carbons (Fsp3) is 0.625. The highest BCUT2D eigenvalue weighted by Crippen LogP contribution is 2.15. The number of aliphatic imine (C=N–C) groups is 1. The molecule has 2 aromatic rings. The second-order valence-electron chi connectivity index (χ2n) is 8.67. The van der Waals surface area contributed by atoms with Crippen LogP contribution in [0.25, 0.3) is 0 Å². The molecule has 1 aromatic heterocycles. The molecule has 7 nitrogen and oxygen atoms in total. The molecule has 2 aliphatic rings. The van der Waals surface area contributed by atoms with E-state index in [2.05, 4.69) is 61.5 Å². The molecule has 4 rings (SSSR count). The predicted molar refractivity (Wildman–Crippen MR) is 140 cm³/mol. The number of nitrogens with one attached hydrogen (secondary N) is 2. The van der Waals surface area contributed by atoms with E-state index in [9.17, 15) is 0 Å². The van der Waals surface area contributed by atoms with Crippen LogP contribution in [0.5, 0.6) is 0 Å². The molecule has 8 heteroatoms. The van der Waals surface area contributed by atoms with Crippen molar-refractivity contribution >= 4 is 29.9 Å². The summed E-state index contributed by atoms with van der Waals surface area (Å²) in [5, 5.41) is 15.6. The minimum Gasteiger partial charge on any atom is -0.357 e. The molecular formula is C24H38IN7. The maximum atomic E-state index is 4.78. The van der Waals surface area contributed by atoms with E-state index in [-0.39, 0.29) is 24.0 Å². The van der Waals surface area contributed by atoms with Gasteiger partial charge < -0.3 is 15.2 Å². The molecule has 3 heterocycles. The van der Waals surface area contributed by atoms with Gasteiger partial charge in [-0.05, 0) is 56.8 Å². The standard InChI is InChI=1S/C24H37N7.HI/c1-2-25-24(26-14-13-23-29-28-22-8-4-3-5-17-31(22)23)27-18-20-9-11-21(12-10-20)19-30-15-6-7-16-30;/h9-12H,2-8,13-19H2,1H3,(H2,25,26,27);1H. The highest BCUT2D eigenvalue weighted by molar-refractivity contribution is 14.0. The van der Waals surface area contributed by atoms with Gasteiger partial charge in [0.2, 0.25) is 0 Å². The summed E-state index contributed by atoms with van der Waals surface area (Å²) in [6.45, 7) is 9.03. The van der Waals surface area contributed by atoms with Crippen LogP contribution in [0.15, 0.2) is 29.3 Å². The molecular weight excluding hydrogens is 513 g/mol. The van der Waals surface area contributed by atoms with E-state index in [1.54, 1.807) is 0 Å². The number of benzene rings is 1. The molecule has 2 aliphatic heterocycles.